The number of esters is 1. The largest absolute Gasteiger partial charge is 0.459 e. The molecule has 0 amide bonds. The number of carbonyl (C=O) groups excluding carboxylic acids is 1. The van der Waals surface area contributed by atoms with E-state index in [0.717, 1.165) is 29.6 Å². The van der Waals surface area contributed by atoms with Crippen molar-refractivity contribution < 1.29 is 44.2 Å². The summed E-state index contributed by atoms with van der Waals surface area (Å²) in [4.78, 5) is 13.4. The van der Waals surface area contributed by atoms with Crippen LogP contribution in [0.1, 0.15) is 87.0 Å². The Labute approximate surface area is 276 Å². The van der Waals surface area contributed by atoms with Gasteiger partial charge in [0.25, 0.3) is 0 Å². The molecule has 2 aliphatic rings. The standard InChI is InChI=1S/C37H60O9/c1-23-12-10-11-13-31(44-9)20-32(21-37(42)29(7)35(40)28(6)34(46-37)19-30(38)22-43-8)45-36(41)27(5)18-25(3)16-24(2)17-26(4)33(39)15-14-23/h12,14-18,26,28-35,38-40,42H,10-11,13,19-22H2,1-9H3/b15-14+,23-12+,24-17+,25-16+,27-18+/t26-,28+,29-,30-,31-,32?,33-,34-,35+,37+/m1/s1. The molecule has 0 radical (unpaired) electrons. The van der Waals surface area contributed by atoms with Gasteiger partial charge < -0.3 is 39.4 Å². The highest BCUT2D eigenvalue weighted by Gasteiger charge is 2.51. The first-order chi connectivity index (χ1) is 21.6. The van der Waals surface area contributed by atoms with Gasteiger partial charge in [0.2, 0.25) is 0 Å². The molecule has 4 N–H and O–H groups in total. The van der Waals surface area contributed by atoms with Crippen LogP contribution in [-0.2, 0) is 23.7 Å². The van der Waals surface area contributed by atoms with E-state index >= 15 is 0 Å². The lowest BCUT2D eigenvalue weighted by molar-refractivity contribution is -0.329. The number of carbonyl (C=O) groups is 1. The number of hydrogen-bond acceptors (Lipinski definition) is 9. The molecule has 2 aliphatic heterocycles. The maximum atomic E-state index is 13.4. The van der Waals surface area contributed by atoms with Crippen LogP contribution in [0, 0.1) is 17.8 Å². The molecule has 9 nitrogen and oxygen atoms in total. The number of cyclic esters (lactones) is 1. The Hall–Kier alpha value is -2.11. The lowest BCUT2D eigenvalue weighted by Crippen LogP contribution is -2.59. The maximum Gasteiger partial charge on any atom is 0.333 e. The summed E-state index contributed by atoms with van der Waals surface area (Å²) in [6, 6.07) is 0. The van der Waals surface area contributed by atoms with E-state index in [-0.39, 0.29) is 37.4 Å². The van der Waals surface area contributed by atoms with Crippen LogP contribution in [0.25, 0.3) is 0 Å². The average Bonchev–Trinajstić information content (AvgIpc) is 2.98. The summed E-state index contributed by atoms with van der Waals surface area (Å²) in [5.41, 5.74) is 3.26. The molecule has 2 rings (SSSR count). The first-order valence-corrected chi connectivity index (χ1v) is 16.7. The normalized spacial score (nSPS) is 40.5. The van der Waals surface area contributed by atoms with Gasteiger partial charge in [-0.3, -0.25) is 0 Å². The van der Waals surface area contributed by atoms with Crippen LogP contribution in [0.3, 0.4) is 0 Å². The summed E-state index contributed by atoms with van der Waals surface area (Å²) >= 11 is 0. The summed E-state index contributed by atoms with van der Waals surface area (Å²) in [6.45, 7) is 13.2. The van der Waals surface area contributed by atoms with E-state index < -0.39 is 48.2 Å². The van der Waals surface area contributed by atoms with Gasteiger partial charge in [0, 0.05) is 56.8 Å². The van der Waals surface area contributed by atoms with Crippen LogP contribution in [0.2, 0.25) is 0 Å². The van der Waals surface area contributed by atoms with E-state index in [0.29, 0.717) is 18.4 Å². The lowest BCUT2D eigenvalue weighted by Gasteiger charge is -2.49. The predicted octanol–water partition coefficient (Wildman–Crippen LogP) is 5.33. The number of hydrogen-bond donors (Lipinski definition) is 4. The second-order valence-corrected chi connectivity index (χ2v) is 13.5. The number of methoxy groups -OCH3 is 2. The number of rotatable bonds is 7. The molecule has 262 valence electrons. The van der Waals surface area contributed by atoms with Crippen molar-refractivity contribution in [3.8, 4) is 0 Å². The van der Waals surface area contributed by atoms with Crippen molar-refractivity contribution in [1.82, 2.24) is 0 Å². The van der Waals surface area contributed by atoms with E-state index in [9.17, 15) is 25.2 Å². The first kappa shape index (κ1) is 40.1. The van der Waals surface area contributed by atoms with Gasteiger partial charge in [-0.1, -0.05) is 67.9 Å². The van der Waals surface area contributed by atoms with Crippen molar-refractivity contribution in [2.75, 3.05) is 20.8 Å². The molecule has 46 heavy (non-hydrogen) atoms. The molecule has 9 heteroatoms. The molecule has 0 aromatic rings. The SMILES string of the molecule is COC[C@H](O)C[C@H]1O[C@@](O)(CC2C[C@H](OC)CCC/C=C(C)/C=C/[C@@H](O)[C@H](C)/C=C(C)/C=C(C)/C=C(\C)C(=O)O2)[C@H](C)[C@@H](O)[C@H]1C. The average molecular weight is 649 g/mol. The van der Waals surface area contributed by atoms with Crippen molar-refractivity contribution in [3.63, 3.8) is 0 Å². The van der Waals surface area contributed by atoms with E-state index in [4.69, 9.17) is 18.9 Å². The van der Waals surface area contributed by atoms with Gasteiger partial charge in [0.1, 0.15) is 6.10 Å². The second kappa shape index (κ2) is 19.0. The van der Waals surface area contributed by atoms with Crippen molar-refractivity contribution in [3.05, 3.63) is 58.7 Å². The van der Waals surface area contributed by atoms with E-state index in [1.165, 1.54) is 7.11 Å². The fourth-order valence-corrected chi connectivity index (χ4v) is 6.34. The maximum absolute atomic E-state index is 13.4. The highest BCUT2D eigenvalue weighted by atomic mass is 16.6. The highest BCUT2D eigenvalue weighted by Crippen LogP contribution is 2.41. The van der Waals surface area contributed by atoms with Crippen molar-refractivity contribution >= 4 is 5.97 Å². The molecule has 0 aromatic heterocycles. The van der Waals surface area contributed by atoms with Crippen molar-refractivity contribution in [2.45, 2.75) is 129 Å². The number of ether oxygens (including phenoxy) is 4. The lowest BCUT2D eigenvalue weighted by atomic mass is 9.77. The van der Waals surface area contributed by atoms with Crippen LogP contribution < -0.4 is 0 Å². The Morgan fingerprint density at radius 1 is 1.04 bits per heavy atom. The van der Waals surface area contributed by atoms with Crippen LogP contribution >= 0.6 is 0 Å². The van der Waals surface area contributed by atoms with Crippen molar-refractivity contribution in [2.24, 2.45) is 17.8 Å². The summed E-state index contributed by atoms with van der Waals surface area (Å²) in [7, 11) is 3.12. The molecule has 10 atom stereocenters. The summed E-state index contributed by atoms with van der Waals surface area (Å²) in [5, 5.41) is 44.1. The highest BCUT2D eigenvalue weighted by molar-refractivity contribution is 5.88. The summed E-state index contributed by atoms with van der Waals surface area (Å²) < 4.78 is 23.2. The fourth-order valence-electron chi connectivity index (χ4n) is 6.34. The molecule has 1 unspecified atom stereocenters. The third-order valence-corrected chi connectivity index (χ3v) is 9.26. The van der Waals surface area contributed by atoms with Gasteiger partial charge in [-0.2, -0.15) is 0 Å². The molecule has 0 bridgehead atoms. The van der Waals surface area contributed by atoms with E-state index in [2.05, 4.69) is 6.08 Å². The predicted molar refractivity (Wildman–Crippen MR) is 180 cm³/mol. The molecular weight excluding hydrogens is 588 g/mol. The minimum Gasteiger partial charge on any atom is -0.459 e. The Kier molecular flexibility index (Phi) is 16.6. The third-order valence-electron chi connectivity index (χ3n) is 9.26. The Morgan fingerprint density at radius 3 is 2.39 bits per heavy atom. The number of aliphatic hydroxyl groups excluding tert-OH is 3. The molecule has 2 heterocycles. The zero-order valence-electron chi connectivity index (χ0n) is 29.4. The summed E-state index contributed by atoms with van der Waals surface area (Å²) in [6.07, 6.45) is 10.3. The Balaban J connectivity index is 2.43. The summed E-state index contributed by atoms with van der Waals surface area (Å²) in [5.74, 6) is -3.47. The fraction of sp³-hybridized carbons (Fsp3) is 0.703. The minimum atomic E-state index is -1.82. The molecule has 0 saturated carbocycles. The third kappa shape index (κ3) is 12.5. The molecule has 1 saturated heterocycles. The van der Waals surface area contributed by atoms with Crippen LogP contribution in [0.5, 0.6) is 0 Å². The number of aliphatic hydroxyl groups is 4. The van der Waals surface area contributed by atoms with Crippen molar-refractivity contribution in [1.29, 1.82) is 0 Å². The molecule has 1 fully saturated rings. The van der Waals surface area contributed by atoms with Gasteiger partial charge in [-0.25, -0.2) is 4.79 Å². The zero-order valence-corrected chi connectivity index (χ0v) is 29.4. The number of allylic oxidation sites excluding steroid dienone is 7. The first-order valence-electron chi connectivity index (χ1n) is 16.7. The molecular formula is C37H60O9. The monoisotopic (exact) mass is 648 g/mol. The molecule has 0 spiro atoms. The van der Waals surface area contributed by atoms with Gasteiger partial charge in [0.15, 0.2) is 5.79 Å². The van der Waals surface area contributed by atoms with Gasteiger partial charge in [-0.15, -0.1) is 0 Å². The minimum absolute atomic E-state index is 0.0750. The molecule has 0 aliphatic carbocycles. The van der Waals surface area contributed by atoms with E-state index in [1.807, 2.05) is 58.9 Å². The second-order valence-electron chi connectivity index (χ2n) is 13.5. The van der Waals surface area contributed by atoms with Gasteiger partial charge in [-0.05, 0) is 53.0 Å². The van der Waals surface area contributed by atoms with E-state index in [1.54, 1.807) is 27.0 Å². The Morgan fingerprint density at radius 2 is 1.74 bits per heavy atom. The van der Waals surface area contributed by atoms with Crippen LogP contribution in [0.4, 0.5) is 0 Å². The van der Waals surface area contributed by atoms with Crippen LogP contribution in [-0.4, -0.2) is 89.6 Å². The van der Waals surface area contributed by atoms with Crippen LogP contribution in [0.15, 0.2) is 58.7 Å². The quantitative estimate of drug-likeness (QED) is 0.270. The topological polar surface area (TPSA) is 135 Å². The smallest absolute Gasteiger partial charge is 0.333 e. The molecule has 0 aromatic carbocycles. The van der Waals surface area contributed by atoms with Gasteiger partial charge >= 0.3 is 5.97 Å². The Bertz CT molecular complexity index is 1120. The van der Waals surface area contributed by atoms with Gasteiger partial charge in [0.05, 0.1) is 37.1 Å². The zero-order chi connectivity index (χ0) is 34.6.